The molecule has 0 spiro atoms. The lowest BCUT2D eigenvalue weighted by Gasteiger charge is -2.18. The van der Waals surface area contributed by atoms with Gasteiger partial charge in [0.05, 0.1) is 5.75 Å². The number of halogens is 1. The summed E-state index contributed by atoms with van der Waals surface area (Å²) in [6.45, 7) is 4.94. The van der Waals surface area contributed by atoms with Gasteiger partial charge in [-0.2, -0.15) is 0 Å². The molecule has 1 heterocycles. The fraction of sp³-hybridized carbons (Fsp3) is 0.261. The van der Waals surface area contributed by atoms with Gasteiger partial charge >= 0.3 is 0 Å². The second-order valence-corrected chi connectivity index (χ2v) is 8.69. The van der Waals surface area contributed by atoms with Crippen molar-refractivity contribution in [3.8, 4) is 11.4 Å². The predicted octanol–water partition coefficient (Wildman–Crippen LogP) is 4.60. The third kappa shape index (κ3) is 5.89. The number of anilines is 1. The Hall–Kier alpha value is -2.77. The van der Waals surface area contributed by atoms with Crippen LogP contribution in [0.25, 0.3) is 11.4 Å². The lowest BCUT2D eigenvalue weighted by Crippen LogP contribution is -2.28. The maximum atomic E-state index is 12.7. The van der Waals surface area contributed by atoms with Crippen LogP contribution in [0.15, 0.2) is 66.3 Å². The van der Waals surface area contributed by atoms with Crippen molar-refractivity contribution >= 4 is 35.0 Å². The Balaban J connectivity index is 1.65. The molecule has 31 heavy (non-hydrogen) atoms. The highest BCUT2D eigenvalue weighted by Gasteiger charge is 2.16. The molecule has 6 nitrogen and oxygen atoms in total. The number of rotatable bonds is 9. The summed E-state index contributed by atoms with van der Waals surface area (Å²) in [5.74, 6) is 1.03. The normalized spacial score (nSPS) is 10.7. The monoisotopic (exact) mass is 455 g/mol. The third-order valence-corrected chi connectivity index (χ3v) is 5.96. The fourth-order valence-corrected chi connectivity index (χ4v) is 4.01. The van der Waals surface area contributed by atoms with Crippen molar-refractivity contribution in [2.75, 3.05) is 31.8 Å². The van der Waals surface area contributed by atoms with Crippen LogP contribution in [0.3, 0.4) is 0 Å². The molecule has 0 aliphatic rings. The zero-order valence-electron chi connectivity index (χ0n) is 18.0. The molecular weight excluding hydrogens is 430 g/mol. The van der Waals surface area contributed by atoms with Gasteiger partial charge in [0.25, 0.3) is 0 Å². The number of benzene rings is 2. The summed E-state index contributed by atoms with van der Waals surface area (Å²) < 4.78 is 1.95. The summed E-state index contributed by atoms with van der Waals surface area (Å²) >= 11 is 7.37. The summed E-state index contributed by atoms with van der Waals surface area (Å²) in [5, 5.41) is 9.96. The van der Waals surface area contributed by atoms with Gasteiger partial charge < -0.3 is 9.80 Å². The van der Waals surface area contributed by atoms with Crippen LogP contribution in [-0.4, -0.2) is 52.5 Å². The Kier molecular flexibility index (Phi) is 7.76. The summed E-state index contributed by atoms with van der Waals surface area (Å²) in [4.78, 5) is 16.5. The number of allylic oxidation sites excluding steroid dienone is 1. The van der Waals surface area contributed by atoms with E-state index < -0.39 is 0 Å². The first kappa shape index (κ1) is 22.9. The molecule has 0 saturated carbocycles. The molecule has 0 unspecified atom stereocenters. The van der Waals surface area contributed by atoms with E-state index in [0.717, 1.165) is 22.6 Å². The zero-order valence-corrected chi connectivity index (χ0v) is 19.5. The molecule has 0 saturated heterocycles. The highest BCUT2D eigenvalue weighted by molar-refractivity contribution is 7.99. The van der Waals surface area contributed by atoms with Gasteiger partial charge in [0.2, 0.25) is 5.91 Å². The summed E-state index contributed by atoms with van der Waals surface area (Å²) in [6, 6.07) is 15.6. The number of carbonyl (C=O) groups is 1. The van der Waals surface area contributed by atoms with E-state index in [9.17, 15) is 4.79 Å². The molecule has 8 heteroatoms. The van der Waals surface area contributed by atoms with Crippen molar-refractivity contribution in [2.24, 2.45) is 0 Å². The maximum Gasteiger partial charge on any atom is 0.233 e. The largest absolute Gasteiger partial charge is 0.378 e. The van der Waals surface area contributed by atoms with Gasteiger partial charge in [-0.05, 0) is 42.0 Å². The highest BCUT2D eigenvalue weighted by Crippen LogP contribution is 2.25. The smallest absolute Gasteiger partial charge is 0.233 e. The van der Waals surface area contributed by atoms with Crippen molar-refractivity contribution < 1.29 is 4.79 Å². The van der Waals surface area contributed by atoms with Crippen LogP contribution in [0.5, 0.6) is 0 Å². The molecular formula is C23H26ClN5OS. The third-order valence-electron chi connectivity index (χ3n) is 4.75. The van der Waals surface area contributed by atoms with Crippen molar-refractivity contribution in [1.29, 1.82) is 0 Å². The standard InChI is InChI=1S/C23H26ClN5OS/c1-5-14-29-22(18-8-10-19(24)11-9-18)25-26-23(29)31-16-21(30)28(4)15-17-6-12-20(13-7-17)27(2)3/h5-13H,1,14-16H2,2-4H3. The average molecular weight is 456 g/mol. The van der Waals surface area contributed by atoms with E-state index in [0.29, 0.717) is 23.3 Å². The minimum atomic E-state index is 0.0304. The predicted molar refractivity (Wildman–Crippen MR) is 129 cm³/mol. The Bertz CT molecular complexity index is 1030. The molecule has 1 amide bonds. The van der Waals surface area contributed by atoms with E-state index in [-0.39, 0.29) is 11.7 Å². The summed E-state index contributed by atoms with van der Waals surface area (Å²) in [7, 11) is 5.83. The maximum absolute atomic E-state index is 12.7. The van der Waals surface area contributed by atoms with Crippen molar-refractivity contribution in [3.05, 3.63) is 71.8 Å². The van der Waals surface area contributed by atoms with Gasteiger partial charge in [-0.1, -0.05) is 41.6 Å². The van der Waals surface area contributed by atoms with E-state index in [1.165, 1.54) is 11.8 Å². The molecule has 0 bridgehead atoms. The molecule has 0 N–H and O–H groups in total. The summed E-state index contributed by atoms with van der Waals surface area (Å²) in [6.07, 6.45) is 1.79. The van der Waals surface area contributed by atoms with Gasteiger partial charge in [-0.3, -0.25) is 9.36 Å². The van der Waals surface area contributed by atoms with E-state index in [1.807, 2.05) is 67.0 Å². The number of hydrogen-bond donors (Lipinski definition) is 0. The molecule has 1 aromatic heterocycles. The minimum absolute atomic E-state index is 0.0304. The van der Waals surface area contributed by atoms with Crippen LogP contribution in [0, 0.1) is 0 Å². The SMILES string of the molecule is C=CCn1c(SCC(=O)N(C)Cc2ccc(N(C)C)cc2)nnc1-c1ccc(Cl)cc1. The fourth-order valence-electron chi connectivity index (χ4n) is 3.00. The molecule has 3 rings (SSSR count). The van der Waals surface area contributed by atoms with Crippen LogP contribution in [-0.2, 0) is 17.9 Å². The highest BCUT2D eigenvalue weighted by atomic mass is 35.5. The summed E-state index contributed by atoms with van der Waals surface area (Å²) in [5.41, 5.74) is 3.13. The van der Waals surface area contributed by atoms with Gasteiger partial charge in [0.1, 0.15) is 0 Å². The van der Waals surface area contributed by atoms with Gasteiger partial charge in [-0.15, -0.1) is 16.8 Å². The second kappa shape index (κ2) is 10.5. The molecule has 0 atom stereocenters. The molecule has 0 aliphatic heterocycles. The van der Waals surface area contributed by atoms with Gasteiger partial charge in [0.15, 0.2) is 11.0 Å². The van der Waals surface area contributed by atoms with E-state index >= 15 is 0 Å². The first-order chi connectivity index (χ1) is 14.9. The van der Waals surface area contributed by atoms with Crippen LogP contribution in [0.1, 0.15) is 5.56 Å². The molecule has 162 valence electrons. The van der Waals surface area contributed by atoms with E-state index in [2.05, 4.69) is 28.9 Å². The quantitative estimate of drug-likeness (QED) is 0.348. The first-order valence-electron chi connectivity index (χ1n) is 9.82. The number of hydrogen-bond acceptors (Lipinski definition) is 5. The first-order valence-corrected chi connectivity index (χ1v) is 11.2. The lowest BCUT2D eigenvalue weighted by atomic mass is 10.2. The molecule has 3 aromatic rings. The van der Waals surface area contributed by atoms with Crippen LogP contribution < -0.4 is 4.90 Å². The number of carbonyl (C=O) groups excluding carboxylic acids is 1. The molecule has 0 fully saturated rings. The lowest BCUT2D eigenvalue weighted by molar-refractivity contribution is -0.127. The number of thioether (sulfide) groups is 1. The number of nitrogens with zero attached hydrogens (tertiary/aromatic N) is 5. The van der Waals surface area contributed by atoms with Crippen LogP contribution >= 0.6 is 23.4 Å². The Morgan fingerprint density at radius 2 is 1.77 bits per heavy atom. The van der Waals surface area contributed by atoms with Gasteiger partial charge in [-0.25, -0.2) is 0 Å². The molecule has 0 radical (unpaired) electrons. The zero-order chi connectivity index (χ0) is 22.4. The van der Waals surface area contributed by atoms with Crippen molar-refractivity contribution in [3.63, 3.8) is 0 Å². The van der Waals surface area contributed by atoms with Crippen LogP contribution in [0.2, 0.25) is 5.02 Å². The average Bonchev–Trinajstić information content (AvgIpc) is 3.15. The van der Waals surface area contributed by atoms with Gasteiger partial charge in [0, 0.05) is 50.5 Å². The number of amides is 1. The Labute approximate surface area is 192 Å². The second-order valence-electron chi connectivity index (χ2n) is 7.31. The van der Waals surface area contributed by atoms with Crippen molar-refractivity contribution in [1.82, 2.24) is 19.7 Å². The minimum Gasteiger partial charge on any atom is -0.378 e. The Morgan fingerprint density at radius 1 is 1.10 bits per heavy atom. The Morgan fingerprint density at radius 3 is 2.39 bits per heavy atom. The topological polar surface area (TPSA) is 54.3 Å². The molecule has 0 aliphatic carbocycles. The molecule has 2 aromatic carbocycles. The number of aromatic nitrogens is 3. The van der Waals surface area contributed by atoms with E-state index in [1.54, 1.807) is 11.0 Å². The van der Waals surface area contributed by atoms with E-state index in [4.69, 9.17) is 11.6 Å². The van der Waals surface area contributed by atoms with Crippen molar-refractivity contribution in [2.45, 2.75) is 18.2 Å². The van der Waals surface area contributed by atoms with Crippen LogP contribution in [0.4, 0.5) is 5.69 Å².